The van der Waals surface area contributed by atoms with Gasteiger partial charge in [-0.2, -0.15) is 0 Å². The Morgan fingerprint density at radius 3 is 2.53 bits per heavy atom. The van der Waals surface area contributed by atoms with Gasteiger partial charge in [0.15, 0.2) is 0 Å². The normalized spacial score (nSPS) is 21.5. The predicted octanol–water partition coefficient (Wildman–Crippen LogP) is 4.07. The van der Waals surface area contributed by atoms with Crippen molar-refractivity contribution in [3.8, 4) is 0 Å². The smallest absolute Gasteiger partial charge is 0.0463 e. The molecule has 0 radical (unpaired) electrons. The highest BCUT2D eigenvalue weighted by molar-refractivity contribution is 5.22. The van der Waals surface area contributed by atoms with Crippen LogP contribution in [0, 0.1) is 12.3 Å². The van der Waals surface area contributed by atoms with Gasteiger partial charge < -0.3 is 0 Å². The zero-order valence-electron chi connectivity index (χ0n) is 10.1. The molecule has 82 valence electrons. The third-order valence-corrected chi connectivity index (χ3v) is 3.78. The van der Waals surface area contributed by atoms with Gasteiger partial charge in [-0.3, -0.25) is 4.98 Å². The van der Waals surface area contributed by atoms with E-state index in [0.717, 1.165) is 0 Å². The fraction of sp³-hybridized carbons (Fsp3) is 0.643. The number of rotatable bonds is 1. The van der Waals surface area contributed by atoms with Gasteiger partial charge in [0.2, 0.25) is 0 Å². The third kappa shape index (κ3) is 2.39. The monoisotopic (exact) mass is 203 g/mol. The number of aryl methyl sites for hydroxylation is 1. The molecule has 0 unspecified atom stereocenters. The molecule has 1 aromatic rings. The minimum Gasteiger partial charge on any atom is -0.261 e. The van der Waals surface area contributed by atoms with E-state index < -0.39 is 0 Å². The predicted molar refractivity (Wildman–Crippen MR) is 64.0 cm³/mol. The lowest BCUT2D eigenvalue weighted by molar-refractivity contribution is 0.222. The maximum absolute atomic E-state index is 4.55. The second-order valence-electron chi connectivity index (χ2n) is 5.64. The van der Waals surface area contributed by atoms with E-state index in [-0.39, 0.29) is 0 Å². The Labute approximate surface area is 92.9 Å². The SMILES string of the molecule is Cc1cccnc1C1CCC(C)(C)CC1. The molecule has 0 bridgehead atoms. The molecule has 0 saturated heterocycles. The van der Waals surface area contributed by atoms with E-state index in [1.54, 1.807) is 0 Å². The van der Waals surface area contributed by atoms with E-state index in [1.165, 1.54) is 36.9 Å². The summed E-state index contributed by atoms with van der Waals surface area (Å²) in [6.45, 7) is 6.95. The van der Waals surface area contributed by atoms with Gasteiger partial charge in [-0.1, -0.05) is 19.9 Å². The summed E-state index contributed by atoms with van der Waals surface area (Å²) in [6, 6.07) is 4.22. The Balaban J connectivity index is 2.11. The molecule has 1 heteroatoms. The third-order valence-electron chi connectivity index (χ3n) is 3.78. The van der Waals surface area contributed by atoms with Crippen LogP contribution in [0.25, 0.3) is 0 Å². The van der Waals surface area contributed by atoms with E-state index in [1.807, 2.05) is 12.3 Å². The molecule has 0 aliphatic heterocycles. The largest absolute Gasteiger partial charge is 0.261 e. The number of hydrogen-bond acceptors (Lipinski definition) is 1. The summed E-state index contributed by atoms with van der Waals surface area (Å²) >= 11 is 0. The Bertz CT molecular complexity index is 331. The molecule has 1 fully saturated rings. The van der Waals surface area contributed by atoms with Crippen LogP contribution in [0.15, 0.2) is 18.3 Å². The fourth-order valence-electron chi connectivity index (χ4n) is 2.60. The van der Waals surface area contributed by atoms with Gasteiger partial charge in [-0.25, -0.2) is 0 Å². The minimum atomic E-state index is 0.555. The summed E-state index contributed by atoms with van der Waals surface area (Å²) in [5.74, 6) is 0.708. The van der Waals surface area contributed by atoms with Crippen LogP contribution in [-0.4, -0.2) is 4.98 Å². The molecule has 15 heavy (non-hydrogen) atoms. The number of hydrogen-bond donors (Lipinski definition) is 0. The Kier molecular flexibility index (Phi) is 2.81. The van der Waals surface area contributed by atoms with E-state index >= 15 is 0 Å². The van der Waals surface area contributed by atoms with Gasteiger partial charge in [-0.05, 0) is 49.7 Å². The van der Waals surface area contributed by atoms with Crippen molar-refractivity contribution in [3.63, 3.8) is 0 Å². The standard InChI is InChI=1S/C14H21N/c1-11-5-4-10-15-13(11)12-6-8-14(2,3)9-7-12/h4-5,10,12H,6-9H2,1-3H3. The van der Waals surface area contributed by atoms with Crippen molar-refractivity contribution in [1.82, 2.24) is 4.98 Å². The Hall–Kier alpha value is -0.850. The molecule has 1 aliphatic rings. The first-order valence-corrected chi connectivity index (χ1v) is 6.00. The molecule has 1 aliphatic carbocycles. The second-order valence-corrected chi connectivity index (χ2v) is 5.64. The Morgan fingerprint density at radius 1 is 1.27 bits per heavy atom. The zero-order valence-corrected chi connectivity index (χ0v) is 10.1. The molecule has 1 saturated carbocycles. The van der Waals surface area contributed by atoms with Crippen molar-refractivity contribution in [2.75, 3.05) is 0 Å². The summed E-state index contributed by atoms with van der Waals surface area (Å²) < 4.78 is 0. The molecule has 0 aromatic carbocycles. The summed E-state index contributed by atoms with van der Waals surface area (Å²) in [6.07, 6.45) is 7.24. The van der Waals surface area contributed by atoms with Gasteiger partial charge in [0.05, 0.1) is 0 Å². The van der Waals surface area contributed by atoms with E-state index in [2.05, 4.69) is 31.8 Å². The molecule has 0 amide bonds. The highest BCUT2D eigenvalue weighted by atomic mass is 14.7. The number of pyridine rings is 1. The maximum Gasteiger partial charge on any atom is 0.0463 e. The van der Waals surface area contributed by atoms with Gasteiger partial charge in [-0.15, -0.1) is 0 Å². The van der Waals surface area contributed by atoms with Crippen LogP contribution < -0.4 is 0 Å². The second kappa shape index (κ2) is 3.96. The maximum atomic E-state index is 4.55. The lowest BCUT2D eigenvalue weighted by atomic mass is 9.72. The van der Waals surface area contributed by atoms with E-state index in [9.17, 15) is 0 Å². The summed E-state index contributed by atoms with van der Waals surface area (Å²) in [4.78, 5) is 4.55. The van der Waals surface area contributed by atoms with Crippen LogP contribution in [0.3, 0.4) is 0 Å². The molecule has 1 heterocycles. The topological polar surface area (TPSA) is 12.9 Å². The summed E-state index contributed by atoms with van der Waals surface area (Å²) in [7, 11) is 0. The van der Waals surface area contributed by atoms with Crippen LogP contribution in [-0.2, 0) is 0 Å². The number of nitrogens with zero attached hydrogens (tertiary/aromatic N) is 1. The molecule has 1 aromatic heterocycles. The first-order chi connectivity index (χ1) is 7.08. The van der Waals surface area contributed by atoms with Crippen molar-refractivity contribution in [2.45, 2.75) is 52.4 Å². The molecule has 0 spiro atoms. The average Bonchev–Trinajstić information content (AvgIpc) is 2.19. The quantitative estimate of drug-likeness (QED) is 0.670. The first-order valence-electron chi connectivity index (χ1n) is 6.00. The Morgan fingerprint density at radius 2 is 1.93 bits per heavy atom. The molecular formula is C14H21N. The fourth-order valence-corrected chi connectivity index (χ4v) is 2.60. The lowest BCUT2D eigenvalue weighted by Crippen LogP contribution is -2.21. The molecule has 0 N–H and O–H groups in total. The first kappa shape index (κ1) is 10.7. The zero-order chi connectivity index (χ0) is 10.9. The van der Waals surface area contributed by atoms with E-state index in [0.29, 0.717) is 11.3 Å². The minimum absolute atomic E-state index is 0.555. The van der Waals surface area contributed by atoms with Crippen molar-refractivity contribution >= 4 is 0 Å². The molecule has 1 nitrogen and oxygen atoms in total. The van der Waals surface area contributed by atoms with Gasteiger partial charge in [0, 0.05) is 17.8 Å². The molecule has 0 atom stereocenters. The van der Waals surface area contributed by atoms with Crippen LogP contribution in [0.2, 0.25) is 0 Å². The van der Waals surface area contributed by atoms with Crippen LogP contribution >= 0.6 is 0 Å². The average molecular weight is 203 g/mol. The van der Waals surface area contributed by atoms with Gasteiger partial charge in [0.1, 0.15) is 0 Å². The number of aromatic nitrogens is 1. The summed E-state index contributed by atoms with van der Waals surface area (Å²) in [5, 5.41) is 0. The molecular weight excluding hydrogens is 182 g/mol. The van der Waals surface area contributed by atoms with Crippen molar-refractivity contribution in [3.05, 3.63) is 29.6 Å². The van der Waals surface area contributed by atoms with E-state index in [4.69, 9.17) is 0 Å². The lowest BCUT2D eigenvalue weighted by Gasteiger charge is -2.34. The van der Waals surface area contributed by atoms with Crippen molar-refractivity contribution < 1.29 is 0 Å². The van der Waals surface area contributed by atoms with Crippen molar-refractivity contribution in [2.24, 2.45) is 5.41 Å². The summed E-state index contributed by atoms with van der Waals surface area (Å²) in [5.41, 5.74) is 3.26. The highest BCUT2D eigenvalue weighted by Crippen LogP contribution is 2.42. The highest BCUT2D eigenvalue weighted by Gasteiger charge is 2.28. The van der Waals surface area contributed by atoms with Crippen molar-refractivity contribution in [1.29, 1.82) is 0 Å². The van der Waals surface area contributed by atoms with Crippen LogP contribution in [0.5, 0.6) is 0 Å². The molecule has 2 rings (SSSR count). The van der Waals surface area contributed by atoms with Gasteiger partial charge >= 0.3 is 0 Å². The van der Waals surface area contributed by atoms with Crippen LogP contribution in [0.1, 0.15) is 56.7 Å². The van der Waals surface area contributed by atoms with Crippen LogP contribution in [0.4, 0.5) is 0 Å². The van der Waals surface area contributed by atoms with Gasteiger partial charge in [0.25, 0.3) is 0 Å².